The first kappa shape index (κ1) is 17.0. The lowest BCUT2D eigenvalue weighted by molar-refractivity contribution is -0.129. The monoisotopic (exact) mass is 348 g/mol. The number of aromatic nitrogens is 1. The fourth-order valence-corrected chi connectivity index (χ4v) is 2.45. The lowest BCUT2D eigenvalue weighted by atomic mass is 10.1. The molecule has 0 spiro atoms. The van der Waals surface area contributed by atoms with Crippen LogP contribution >= 0.6 is 0 Å². The highest BCUT2D eigenvalue weighted by Crippen LogP contribution is 2.17. The molecule has 0 fully saturated rings. The van der Waals surface area contributed by atoms with Crippen molar-refractivity contribution < 1.29 is 14.3 Å². The van der Waals surface area contributed by atoms with E-state index in [-0.39, 0.29) is 18.9 Å². The number of carbonyl (C=O) groups is 2. The van der Waals surface area contributed by atoms with Gasteiger partial charge in [0.05, 0.1) is 18.1 Å². The minimum absolute atomic E-state index is 0.140. The van der Waals surface area contributed by atoms with Gasteiger partial charge in [0.15, 0.2) is 6.61 Å². The van der Waals surface area contributed by atoms with E-state index in [0.717, 1.165) is 16.5 Å². The summed E-state index contributed by atoms with van der Waals surface area (Å²) < 4.78 is 5.29. The van der Waals surface area contributed by atoms with E-state index in [1.54, 1.807) is 30.5 Å². The molecule has 0 unspecified atom stereocenters. The molecular weight excluding hydrogens is 332 g/mol. The Morgan fingerprint density at radius 1 is 1.04 bits per heavy atom. The Bertz CT molecular complexity index is 970. The maximum Gasteiger partial charge on any atom is 0.276 e. The van der Waals surface area contributed by atoms with Gasteiger partial charge in [-0.2, -0.15) is 5.26 Å². The molecule has 0 saturated carbocycles. The van der Waals surface area contributed by atoms with E-state index in [0.29, 0.717) is 11.3 Å². The number of amides is 2. The number of fused-ring (bicyclic) bond motifs is 1. The minimum Gasteiger partial charge on any atom is -0.484 e. The smallest absolute Gasteiger partial charge is 0.276 e. The summed E-state index contributed by atoms with van der Waals surface area (Å²) in [6, 6.07) is 16.1. The van der Waals surface area contributed by atoms with Gasteiger partial charge in [0.1, 0.15) is 5.75 Å². The molecular formula is C19H16N4O3. The van der Waals surface area contributed by atoms with Gasteiger partial charge in [-0.15, -0.1) is 0 Å². The third-order valence-electron chi connectivity index (χ3n) is 3.72. The second kappa shape index (κ2) is 7.85. The van der Waals surface area contributed by atoms with Crippen LogP contribution < -0.4 is 15.6 Å². The quantitative estimate of drug-likeness (QED) is 0.611. The van der Waals surface area contributed by atoms with E-state index >= 15 is 0 Å². The number of H-pyrrole nitrogens is 1. The number of nitrogens with one attached hydrogen (secondary N) is 3. The molecule has 130 valence electrons. The molecule has 3 N–H and O–H groups in total. The summed E-state index contributed by atoms with van der Waals surface area (Å²) in [6.45, 7) is -0.251. The van der Waals surface area contributed by atoms with E-state index < -0.39 is 5.91 Å². The molecule has 7 heteroatoms. The molecule has 26 heavy (non-hydrogen) atoms. The van der Waals surface area contributed by atoms with E-state index in [1.807, 2.05) is 30.3 Å². The van der Waals surface area contributed by atoms with Crippen LogP contribution in [0.15, 0.2) is 54.7 Å². The van der Waals surface area contributed by atoms with Crippen molar-refractivity contribution in [2.24, 2.45) is 0 Å². The third-order valence-corrected chi connectivity index (χ3v) is 3.72. The highest BCUT2D eigenvalue weighted by atomic mass is 16.5. The Morgan fingerprint density at radius 2 is 1.77 bits per heavy atom. The Kier molecular flexibility index (Phi) is 5.15. The average Bonchev–Trinajstić information content (AvgIpc) is 3.08. The fourth-order valence-electron chi connectivity index (χ4n) is 2.45. The summed E-state index contributed by atoms with van der Waals surface area (Å²) in [5, 5.41) is 9.69. The zero-order valence-electron chi connectivity index (χ0n) is 13.8. The van der Waals surface area contributed by atoms with Crippen molar-refractivity contribution in [2.45, 2.75) is 6.42 Å². The molecule has 7 nitrogen and oxygen atoms in total. The van der Waals surface area contributed by atoms with Crippen LogP contribution in [0.3, 0.4) is 0 Å². The van der Waals surface area contributed by atoms with Crippen LogP contribution in [0.1, 0.15) is 11.1 Å². The summed E-state index contributed by atoms with van der Waals surface area (Å²) in [6.07, 6.45) is 1.92. The number of hydrogen-bond donors (Lipinski definition) is 3. The van der Waals surface area contributed by atoms with Gasteiger partial charge in [-0.05, 0) is 35.9 Å². The van der Waals surface area contributed by atoms with Crippen molar-refractivity contribution in [3.8, 4) is 11.8 Å². The standard InChI is InChI=1S/C19H16N4O3/c20-10-13-5-7-15(8-6-13)26-12-19(25)23-22-18(24)9-14-11-21-17-4-2-1-3-16(14)17/h1-8,11,21H,9,12H2,(H,22,24)(H,23,25). The van der Waals surface area contributed by atoms with Gasteiger partial charge in [-0.3, -0.25) is 20.4 Å². The number of rotatable bonds is 5. The largest absolute Gasteiger partial charge is 0.484 e. The zero-order valence-corrected chi connectivity index (χ0v) is 13.8. The average molecular weight is 348 g/mol. The molecule has 3 rings (SSSR count). The molecule has 0 aliphatic rings. The van der Waals surface area contributed by atoms with E-state index in [2.05, 4.69) is 15.8 Å². The van der Waals surface area contributed by atoms with Crippen LogP contribution in [-0.2, 0) is 16.0 Å². The van der Waals surface area contributed by atoms with Crippen LogP contribution in [0.5, 0.6) is 5.75 Å². The lowest BCUT2D eigenvalue weighted by Gasteiger charge is -2.08. The van der Waals surface area contributed by atoms with E-state index in [9.17, 15) is 9.59 Å². The maximum atomic E-state index is 12.0. The van der Waals surface area contributed by atoms with Crippen molar-refractivity contribution in [1.29, 1.82) is 5.26 Å². The van der Waals surface area contributed by atoms with Crippen molar-refractivity contribution in [2.75, 3.05) is 6.61 Å². The molecule has 1 aromatic heterocycles. The van der Waals surface area contributed by atoms with Crippen LogP contribution in [-0.4, -0.2) is 23.4 Å². The molecule has 2 amide bonds. The van der Waals surface area contributed by atoms with Crippen molar-refractivity contribution >= 4 is 22.7 Å². The SMILES string of the molecule is N#Cc1ccc(OCC(=O)NNC(=O)Cc2c[nH]c3ccccc23)cc1. The van der Waals surface area contributed by atoms with Crippen LogP contribution in [0.25, 0.3) is 10.9 Å². The molecule has 0 bridgehead atoms. The van der Waals surface area contributed by atoms with Crippen molar-refractivity contribution in [1.82, 2.24) is 15.8 Å². The first-order valence-corrected chi connectivity index (χ1v) is 7.91. The van der Waals surface area contributed by atoms with Gasteiger partial charge in [0, 0.05) is 17.1 Å². The molecule has 0 radical (unpaired) electrons. The number of nitriles is 1. The second-order valence-corrected chi connectivity index (χ2v) is 5.56. The summed E-state index contributed by atoms with van der Waals surface area (Å²) >= 11 is 0. The summed E-state index contributed by atoms with van der Waals surface area (Å²) in [5.41, 5.74) is 6.98. The molecule has 0 saturated heterocycles. The van der Waals surface area contributed by atoms with Gasteiger partial charge >= 0.3 is 0 Å². The molecule has 0 aliphatic carbocycles. The number of hydrazine groups is 1. The molecule has 2 aromatic carbocycles. The predicted molar refractivity (Wildman–Crippen MR) is 94.9 cm³/mol. The third kappa shape index (κ3) is 4.19. The first-order valence-electron chi connectivity index (χ1n) is 7.91. The zero-order chi connectivity index (χ0) is 18.4. The summed E-state index contributed by atoms with van der Waals surface area (Å²) in [5.74, 6) is -0.354. The van der Waals surface area contributed by atoms with E-state index in [1.165, 1.54) is 0 Å². The van der Waals surface area contributed by atoms with Gasteiger partial charge < -0.3 is 9.72 Å². The molecule has 0 atom stereocenters. The Balaban J connectivity index is 1.45. The lowest BCUT2D eigenvalue weighted by Crippen LogP contribution is -2.44. The maximum absolute atomic E-state index is 12.0. The number of ether oxygens (including phenoxy) is 1. The minimum atomic E-state index is -0.485. The van der Waals surface area contributed by atoms with Gasteiger partial charge in [-0.1, -0.05) is 18.2 Å². The number of hydrogen-bond acceptors (Lipinski definition) is 4. The predicted octanol–water partition coefficient (Wildman–Crippen LogP) is 1.81. The fraction of sp³-hybridized carbons (Fsp3) is 0.105. The van der Waals surface area contributed by atoms with Gasteiger partial charge in [0.2, 0.25) is 5.91 Å². The molecule has 3 aromatic rings. The van der Waals surface area contributed by atoms with Crippen molar-refractivity contribution in [3.05, 3.63) is 65.9 Å². The van der Waals surface area contributed by atoms with Crippen LogP contribution in [0.4, 0.5) is 0 Å². The normalized spacial score (nSPS) is 10.1. The number of nitrogens with zero attached hydrogens (tertiary/aromatic N) is 1. The Morgan fingerprint density at radius 3 is 2.54 bits per heavy atom. The number of carbonyl (C=O) groups excluding carboxylic acids is 2. The Labute approximate surface area is 149 Å². The first-order chi connectivity index (χ1) is 12.7. The highest BCUT2D eigenvalue weighted by molar-refractivity contribution is 5.89. The topological polar surface area (TPSA) is 107 Å². The summed E-state index contributed by atoms with van der Waals surface area (Å²) in [4.78, 5) is 26.8. The van der Waals surface area contributed by atoms with Crippen LogP contribution in [0.2, 0.25) is 0 Å². The second-order valence-electron chi connectivity index (χ2n) is 5.56. The highest BCUT2D eigenvalue weighted by Gasteiger charge is 2.10. The Hall–Kier alpha value is -3.79. The molecule has 0 aliphatic heterocycles. The molecule has 1 heterocycles. The van der Waals surface area contributed by atoms with Gasteiger partial charge in [-0.25, -0.2) is 0 Å². The van der Waals surface area contributed by atoms with Gasteiger partial charge in [0.25, 0.3) is 5.91 Å². The number of benzene rings is 2. The summed E-state index contributed by atoms with van der Waals surface area (Å²) in [7, 11) is 0. The van der Waals surface area contributed by atoms with Crippen molar-refractivity contribution in [3.63, 3.8) is 0 Å². The van der Waals surface area contributed by atoms with Crippen LogP contribution in [0, 0.1) is 11.3 Å². The number of aromatic amines is 1. The van der Waals surface area contributed by atoms with E-state index in [4.69, 9.17) is 10.00 Å². The number of para-hydroxylation sites is 1.